The van der Waals surface area contributed by atoms with Gasteiger partial charge in [0, 0.05) is 0 Å². The molecule has 4 rings (SSSR count). The van der Waals surface area contributed by atoms with Gasteiger partial charge in [0.2, 0.25) is 0 Å². The van der Waals surface area contributed by atoms with Crippen LogP contribution in [0.5, 0.6) is 0 Å². The molecule has 0 N–H and O–H groups in total. The van der Waals surface area contributed by atoms with E-state index in [1.807, 2.05) is 18.9 Å². The van der Waals surface area contributed by atoms with Gasteiger partial charge in [-0.3, -0.25) is 0 Å². The number of hydrogen-bond donors (Lipinski definition) is 0. The van der Waals surface area contributed by atoms with Crippen LogP contribution in [0.15, 0.2) is 0 Å². The zero-order valence-electron chi connectivity index (χ0n) is 9.63. The molecule has 0 spiro atoms. The maximum absolute atomic E-state index is 2.02. The molecular weight excluding hydrogens is 326 g/mol. The zero-order chi connectivity index (χ0) is 10.5. The van der Waals surface area contributed by atoms with Crippen molar-refractivity contribution in [2.75, 3.05) is 0 Å². The number of aryl methyl sites for hydroxylation is 1. The molecule has 0 nitrogen and oxygen atoms in total. The van der Waals surface area contributed by atoms with E-state index in [1.165, 1.54) is 38.5 Å². The van der Waals surface area contributed by atoms with Crippen LogP contribution in [0.4, 0.5) is 0 Å². The molecule has 2 aliphatic carbocycles. The molecule has 0 saturated heterocycles. The van der Waals surface area contributed by atoms with Crippen LogP contribution in [-0.2, 0) is 12.8 Å². The van der Waals surface area contributed by atoms with Crippen molar-refractivity contribution >= 4 is 33.9 Å². The van der Waals surface area contributed by atoms with Gasteiger partial charge in [0.25, 0.3) is 0 Å². The molecule has 1 aliphatic heterocycles. The molecule has 2 heterocycles. The van der Waals surface area contributed by atoms with Crippen LogP contribution in [0, 0.1) is 0 Å². The summed E-state index contributed by atoms with van der Waals surface area (Å²) in [4.78, 5) is 1.14. The summed E-state index contributed by atoms with van der Waals surface area (Å²) in [6.45, 7) is 0. The average molecular weight is 344 g/mol. The Morgan fingerprint density at radius 2 is 1.81 bits per heavy atom. The normalized spacial score (nSPS) is 32.0. The SMILES string of the molecule is C1CCc2c([se]c3c2[Se]C2CCCCC32)C1. The zero-order valence-corrected chi connectivity index (χ0v) is 13.1. The van der Waals surface area contributed by atoms with E-state index in [9.17, 15) is 0 Å². The van der Waals surface area contributed by atoms with E-state index in [4.69, 9.17) is 0 Å². The van der Waals surface area contributed by atoms with E-state index in [2.05, 4.69) is 0 Å². The molecule has 0 radical (unpaired) electrons. The van der Waals surface area contributed by atoms with Crippen molar-refractivity contribution < 1.29 is 0 Å². The standard InChI is InChI=1S/C14H18Se2/c1-3-7-11-9(5-1)13-14(15-11)10-6-2-4-8-12(10)16-13/h9,11H,1-8H2. The third-order valence-electron chi connectivity index (χ3n) is 4.46. The van der Waals surface area contributed by atoms with Crippen LogP contribution >= 0.6 is 0 Å². The fourth-order valence-corrected chi connectivity index (χ4v) is 12.0. The molecule has 1 fully saturated rings. The summed E-state index contributed by atoms with van der Waals surface area (Å²) in [6, 6.07) is 0. The predicted molar refractivity (Wildman–Crippen MR) is 70.4 cm³/mol. The maximum atomic E-state index is 2.02. The second-order valence-electron chi connectivity index (χ2n) is 5.45. The fraction of sp³-hybridized carbons (Fsp3) is 0.714. The summed E-state index contributed by atoms with van der Waals surface area (Å²) in [7, 11) is 0. The predicted octanol–water partition coefficient (Wildman–Crippen LogP) is 2.41. The number of fused-ring (bicyclic) bond motifs is 5. The quantitative estimate of drug-likeness (QED) is 0.634. The van der Waals surface area contributed by atoms with Crippen LogP contribution in [0.2, 0.25) is 4.82 Å². The van der Waals surface area contributed by atoms with E-state index in [0.29, 0.717) is 0 Å². The van der Waals surface area contributed by atoms with Gasteiger partial charge in [-0.05, 0) is 0 Å². The molecule has 0 aromatic carbocycles. The Morgan fingerprint density at radius 1 is 0.938 bits per heavy atom. The molecule has 2 unspecified atom stereocenters. The molecule has 2 atom stereocenters. The third kappa shape index (κ3) is 1.47. The van der Waals surface area contributed by atoms with E-state index >= 15 is 0 Å². The van der Waals surface area contributed by atoms with Crippen molar-refractivity contribution in [2.24, 2.45) is 0 Å². The summed E-state index contributed by atoms with van der Waals surface area (Å²) in [5.41, 5.74) is 1.91. The van der Waals surface area contributed by atoms with Crippen LogP contribution in [0.3, 0.4) is 0 Å². The van der Waals surface area contributed by atoms with E-state index < -0.39 is 0 Å². The van der Waals surface area contributed by atoms with Crippen molar-refractivity contribution in [1.29, 1.82) is 0 Å². The molecule has 1 aromatic rings. The van der Waals surface area contributed by atoms with Gasteiger partial charge in [-0.2, -0.15) is 0 Å². The summed E-state index contributed by atoms with van der Waals surface area (Å²) in [6.07, 6.45) is 12.1. The van der Waals surface area contributed by atoms with Gasteiger partial charge >= 0.3 is 110 Å². The van der Waals surface area contributed by atoms with E-state index in [1.54, 1.807) is 12.8 Å². The van der Waals surface area contributed by atoms with Gasteiger partial charge < -0.3 is 0 Å². The van der Waals surface area contributed by atoms with Crippen LogP contribution in [-0.4, -0.2) is 29.5 Å². The topological polar surface area (TPSA) is 0 Å². The van der Waals surface area contributed by atoms with Gasteiger partial charge in [-0.25, -0.2) is 0 Å². The van der Waals surface area contributed by atoms with Crippen molar-refractivity contribution in [1.82, 2.24) is 0 Å². The Hall–Kier alpha value is 0.519. The van der Waals surface area contributed by atoms with Crippen molar-refractivity contribution in [3.8, 4) is 0 Å². The second-order valence-corrected chi connectivity index (χ2v) is 10.5. The first-order valence-electron chi connectivity index (χ1n) is 6.74. The Balaban J connectivity index is 1.78. The molecule has 1 aromatic heterocycles. The molecule has 0 bridgehead atoms. The van der Waals surface area contributed by atoms with Gasteiger partial charge in [0.15, 0.2) is 0 Å². The van der Waals surface area contributed by atoms with Gasteiger partial charge in [0.1, 0.15) is 0 Å². The van der Waals surface area contributed by atoms with E-state index in [-0.39, 0.29) is 0 Å². The minimum absolute atomic E-state index is 0.823. The van der Waals surface area contributed by atoms with Gasteiger partial charge in [-0.1, -0.05) is 0 Å². The molecule has 86 valence electrons. The molecule has 2 heteroatoms. The molecular formula is C14H18Se2. The summed E-state index contributed by atoms with van der Waals surface area (Å²) in [5.74, 6) is 1.08. The van der Waals surface area contributed by atoms with Gasteiger partial charge in [-0.15, -0.1) is 0 Å². The van der Waals surface area contributed by atoms with Crippen LogP contribution in [0.1, 0.15) is 58.9 Å². The van der Waals surface area contributed by atoms with Crippen LogP contribution in [0.25, 0.3) is 0 Å². The first kappa shape index (κ1) is 10.4. The van der Waals surface area contributed by atoms with Crippen molar-refractivity contribution in [3.05, 3.63) is 14.4 Å². The van der Waals surface area contributed by atoms with Crippen LogP contribution < -0.4 is 4.46 Å². The summed E-state index contributed by atoms with van der Waals surface area (Å²) < 4.78 is 5.93. The van der Waals surface area contributed by atoms with E-state index in [0.717, 1.165) is 40.2 Å². The second kappa shape index (κ2) is 4.02. The first-order chi connectivity index (χ1) is 7.93. The average Bonchev–Trinajstić information content (AvgIpc) is 2.85. The molecule has 3 aliphatic rings. The molecule has 0 amide bonds. The Labute approximate surface area is 110 Å². The summed E-state index contributed by atoms with van der Waals surface area (Å²) >= 11 is 1.71. The van der Waals surface area contributed by atoms with Crippen molar-refractivity contribution in [3.63, 3.8) is 0 Å². The monoisotopic (exact) mass is 346 g/mol. The van der Waals surface area contributed by atoms with Crippen molar-refractivity contribution in [2.45, 2.75) is 62.1 Å². The summed E-state index contributed by atoms with van der Waals surface area (Å²) in [5, 5.41) is 0. The molecule has 16 heavy (non-hydrogen) atoms. The third-order valence-corrected chi connectivity index (χ3v) is 11.4. The van der Waals surface area contributed by atoms with Gasteiger partial charge in [0.05, 0.1) is 0 Å². The number of hydrogen-bond acceptors (Lipinski definition) is 0. The number of rotatable bonds is 0. The minimum atomic E-state index is 0.823. The fourth-order valence-electron chi connectivity index (χ4n) is 3.62. The molecule has 1 saturated carbocycles. The Morgan fingerprint density at radius 3 is 2.81 bits per heavy atom. The first-order valence-corrected chi connectivity index (χ1v) is 10.3. The Bertz CT molecular complexity index is 419. The Kier molecular flexibility index (Phi) is 2.63.